The van der Waals surface area contributed by atoms with Gasteiger partial charge in [0.05, 0.1) is 17.5 Å². The third-order valence-electron chi connectivity index (χ3n) is 7.37. The lowest BCUT2D eigenvalue weighted by atomic mass is 9.95. The van der Waals surface area contributed by atoms with Gasteiger partial charge in [0.1, 0.15) is 5.75 Å². The van der Waals surface area contributed by atoms with E-state index in [-0.39, 0.29) is 17.1 Å². The topological polar surface area (TPSA) is 81.2 Å². The molecule has 226 valence electrons. The van der Waals surface area contributed by atoms with Crippen molar-refractivity contribution in [3.8, 4) is 28.3 Å². The molecule has 1 atom stereocenters. The number of rotatable bonds is 14. The van der Waals surface area contributed by atoms with Crippen molar-refractivity contribution in [3.63, 3.8) is 0 Å². The third kappa shape index (κ3) is 9.32. The second kappa shape index (κ2) is 15.1. The summed E-state index contributed by atoms with van der Waals surface area (Å²) in [6.45, 7) is 10.8. The van der Waals surface area contributed by atoms with Crippen LogP contribution in [-0.4, -0.2) is 34.3 Å². The van der Waals surface area contributed by atoms with Crippen LogP contribution in [0.3, 0.4) is 0 Å². The van der Waals surface area contributed by atoms with E-state index in [0.29, 0.717) is 17.1 Å². The van der Waals surface area contributed by atoms with Crippen molar-refractivity contribution in [2.45, 2.75) is 84.6 Å². The normalized spacial score (nSPS) is 12.1. The summed E-state index contributed by atoms with van der Waals surface area (Å²) in [5, 5.41) is 2.93. The van der Waals surface area contributed by atoms with Gasteiger partial charge in [-0.2, -0.15) is 0 Å². The first-order chi connectivity index (χ1) is 20.6. The monoisotopic (exact) mass is 597 g/mol. The van der Waals surface area contributed by atoms with Gasteiger partial charge in [-0.15, -0.1) is 11.3 Å². The maximum absolute atomic E-state index is 12.9. The zero-order valence-corrected chi connectivity index (χ0v) is 26.8. The van der Waals surface area contributed by atoms with Gasteiger partial charge < -0.3 is 10.1 Å². The molecular formula is C36H43N3O3S. The van der Waals surface area contributed by atoms with Crippen LogP contribution in [0.2, 0.25) is 0 Å². The van der Waals surface area contributed by atoms with Crippen LogP contribution in [0.5, 0.6) is 5.75 Å². The number of ether oxygens (including phenoxy) is 1. The number of nitrogens with one attached hydrogen (secondary N) is 1. The minimum absolute atomic E-state index is 0.0251. The van der Waals surface area contributed by atoms with E-state index in [1.807, 2.05) is 73.1 Å². The van der Waals surface area contributed by atoms with Gasteiger partial charge in [-0.05, 0) is 60.6 Å². The van der Waals surface area contributed by atoms with Crippen LogP contribution >= 0.6 is 11.3 Å². The second-order valence-electron chi connectivity index (χ2n) is 12.0. The molecule has 6 nitrogen and oxygen atoms in total. The first kappa shape index (κ1) is 32.1. The predicted molar refractivity (Wildman–Crippen MR) is 176 cm³/mol. The molecule has 43 heavy (non-hydrogen) atoms. The number of benzene rings is 2. The van der Waals surface area contributed by atoms with Crippen LogP contribution in [0.25, 0.3) is 22.5 Å². The van der Waals surface area contributed by atoms with E-state index in [0.717, 1.165) is 45.9 Å². The van der Waals surface area contributed by atoms with Gasteiger partial charge >= 0.3 is 0 Å². The van der Waals surface area contributed by atoms with Gasteiger partial charge in [-0.3, -0.25) is 9.59 Å². The zero-order valence-electron chi connectivity index (χ0n) is 26.0. The van der Waals surface area contributed by atoms with E-state index < -0.39 is 6.04 Å². The molecule has 0 aliphatic heterocycles. The SMILES string of the molecule is CCCCCCCOc1ccc(-c2cnc(-c3ccc(C[C@H](NC(=O)c4ccc(C(C)(C)C)s4)C(C)=O)cc3)nc2)cc1. The Balaban J connectivity index is 1.32. The lowest BCUT2D eigenvalue weighted by Gasteiger charge is -2.17. The highest BCUT2D eigenvalue weighted by molar-refractivity contribution is 7.14. The molecule has 4 rings (SSSR count). The molecule has 0 unspecified atom stereocenters. The van der Waals surface area contributed by atoms with Crippen LogP contribution in [0.1, 0.15) is 86.8 Å². The van der Waals surface area contributed by atoms with Gasteiger partial charge in [-0.25, -0.2) is 9.97 Å². The number of unbranched alkanes of at least 4 members (excludes halogenated alkanes) is 4. The third-order valence-corrected chi connectivity index (χ3v) is 8.88. The number of thiophene rings is 1. The Morgan fingerprint density at radius 1 is 0.837 bits per heavy atom. The summed E-state index contributed by atoms with van der Waals surface area (Å²) in [6, 6.07) is 19.1. The van der Waals surface area contributed by atoms with Gasteiger partial charge in [0.25, 0.3) is 5.91 Å². The van der Waals surface area contributed by atoms with Crippen molar-refractivity contribution in [3.05, 3.63) is 88.4 Å². The molecule has 0 saturated carbocycles. The van der Waals surface area contributed by atoms with Crippen molar-refractivity contribution in [2.24, 2.45) is 0 Å². The van der Waals surface area contributed by atoms with E-state index in [9.17, 15) is 9.59 Å². The maximum atomic E-state index is 12.9. The first-order valence-electron chi connectivity index (χ1n) is 15.2. The quantitative estimate of drug-likeness (QED) is 0.148. The molecule has 4 aromatic rings. The number of hydrogen-bond donors (Lipinski definition) is 1. The fraction of sp³-hybridized carbons (Fsp3) is 0.389. The van der Waals surface area contributed by atoms with Gasteiger partial charge in [0.2, 0.25) is 0 Å². The number of Topliss-reactive ketones (excluding diaryl/α,β-unsaturated/α-hetero) is 1. The number of amides is 1. The molecule has 0 aliphatic carbocycles. The number of nitrogens with zero attached hydrogens (tertiary/aromatic N) is 2. The molecule has 0 radical (unpaired) electrons. The Bertz CT molecular complexity index is 1470. The molecule has 2 aromatic carbocycles. The molecule has 0 aliphatic rings. The van der Waals surface area contributed by atoms with Crippen LogP contribution in [-0.2, 0) is 16.6 Å². The van der Waals surface area contributed by atoms with Gasteiger partial charge in [0.15, 0.2) is 11.6 Å². The molecular weight excluding hydrogens is 554 g/mol. The highest BCUT2D eigenvalue weighted by atomic mass is 32.1. The Labute approximate surface area is 260 Å². The maximum Gasteiger partial charge on any atom is 0.261 e. The van der Waals surface area contributed by atoms with Crippen LogP contribution in [0.4, 0.5) is 0 Å². The molecule has 2 heterocycles. The zero-order chi connectivity index (χ0) is 30.8. The van der Waals surface area contributed by atoms with Crippen molar-refractivity contribution in [1.29, 1.82) is 0 Å². The molecule has 0 spiro atoms. The lowest BCUT2D eigenvalue weighted by Crippen LogP contribution is -2.41. The second-order valence-corrected chi connectivity index (χ2v) is 13.1. The Hall–Kier alpha value is -3.84. The van der Waals surface area contributed by atoms with Crippen LogP contribution in [0.15, 0.2) is 73.1 Å². The largest absolute Gasteiger partial charge is 0.494 e. The van der Waals surface area contributed by atoms with Crippen molar-refractivity contribution in [2.75, 3.05) is 6.61 Å². The van der Waals surface area contributed by atoms with E-state index in [1.165, 1.54) is 43.9 Å². The average molecular weight is 598 g/mol. The first-order valence-corrected chi connectivity index (χ1v) is 16.0. The highest BCUT2D eigenvalue weighted by Crippen LogP contribution is 2.29. The number of ketones is 1. The average Bonchev–Trinajstić information content (AvgIpc) is 3.51. The van der Waals surface area contributed by atoms with Gasteiger partial charge in [-0.1, -0.05) is 89.8 Å². The van der Waals surface area contributed by atoms with Gasteiger partial charge in [0, 0.05) is 28.4 Å². The fourth-order valence-corrected chi connectivity index (χ4v) is 5.65. The molecule has 0 fully saturated rings. The molecule has 0 saturated heterocycles. The van der Waals surface area contributed by atoms with E-state index >= 15 is 0 Å². The van der Waals surface area contributed by atoms with E-state index in [1.54, 1.807) is 0 Å². The summed E-state index contributed by atoms with van der Waals surface area (Å²) in [7, 11) is 0. The summed E-state index contributed by atoms with van der Waals surface area (Å²) in [6.07, 6.45) is 10.2. The summed E-state index contributed by atoms with van der Waals surface area (Å²) >= 11 is 1.47. The van der Waals surface area contributed by atoms with Crippen molar-refractivity contribution in [1.82, 2.24) is 15.3 Å². The molecule has 1 N–H and O–H groups in total. The number of carbonyl (C=O) groups is 2. The number of aromatic nitrogens is 2. The number of carbonyl (C=O) groups excluding carboxylic acids is 2. The summed E-state index contributed by atoms with van der Waals surface area (Å²) < 4.78 is 5.88. The smallest absolute Gasteiger partial charge is 0.261 e. The lowest BCUT2D eigenvalue weighted by molar-refractivity contribution is -0.118. The molecule has 2 aromatic heterocycles. The van der Waals surface area contributed by atoms with Crippen molar-refractivity contribution < 1.29 is 14.3 Å². The Morgan fingerprint density at radius 3 is 2.09 bits per heavy atom. The summed E-state index contributed by atoms with van der Waals surface area (Å²) in [4.78, 5) is 36.2. The van der Waals surface area contributed by atoms with Crippen molar-refractivity contribution >= 4 is 23.0 Å². The molecule has 0 bridgehead atoms. The Kier molecular flexibility index (Phi) is 11.2. The standard InChI is InChI=1S/C36H43N3O3S/c1-6-7-8-9-10-21-42-30-17-15-27(16-18-30)29-23-37-34(38-24-29)28-13-11-26(12-14-28)22-31(25(2)40)39-35(41)32-19-20-33(43-32)36(3,4)5/h11-20,23-24,31H,6-10,21-22H2,1-5H3,(H,39,41)/t31-/m0/s1. The fourth-order valence-electron chi connectivity index (χ4n) is 4.68. The molecule has 1 amide bonds. The summed E-state index contributed by atoms with van der Waals surface area (Å²) in [5.74, 6) is 1.21. The predicted octanol–water partition coefficient (Wildman–Crippen LogP) is 8.45. The minimum Gasteiger partial charge on any atom is -0.494 e. The van der Waals surface area contributed by atoms with Crippen LogP contribution < -0.4 is 10.1 Å². The number of hydrogen-bond acceptors (Lipinski definition) is 6. The highest BCUT2D eigenvalue weighted by Gasteiger charge is 2.22. The minimum atomic E-state index is -0.600. The summed E-state index contributed by atoms with van der Waals surface area (Å²) in [5.41, 5.74) is 3.78. The van der Waals surface area contributed by atoms with E-state index in [2.05, 4.69) is 43.0 Å². The van der Waals surface area contributed by atoms with E-state index in [4.69, 9.17) is 4.74 Å². The molecule has 7 heteroatoms. The van der Waals surface area contributed by atoms with Crippen LogP contribution in [0, 0.1) is 0 Å². The Morgan fingerprint density at radius 2 is 1.49 bits per heavy atom.